The van der Waals surface area contributed by atoms with Crippen molar-refractivity contribution in [2.45, 2.75) is 33.6 Å². The monoisotopic (exact) mass is 436 g/mol. The molecule has 8 heteroatoms. The number of aryl methyl sites for hydroxylation is 2. The number of amides is 3. The van der Waals surface area contributed by atoms with Gasteiger partial charge in [-0.3, -0.25) is 14.4 Å². The molecule has 2 aromatic carbocycles. The minimum absolute atomic E-state index is 0.122. The number of hydrogen-bond acceptors (Lipinski definition) is 5. The maximum absolute atomic E-state index is 13.1. The predicted molar refractivity (Wildman–Crippen MR) is 124 cm³/mol. The first-order valence-electron chi connectivity index (χ1n) is 10.5. The second-order valence-electron chi connectivity index (χ2n) is 7.64. The Morgan fingerprint density at radius 3 is 2.66 bits per heavy atom. The summed E-state index contributed by atoms with van der Waals surface area (Å²) < 4.78 is 5.16. The predicted octanol–water partition coefficient (Wildman–Crippen LogP) is 3.28. The summed E-state index contributed by atoms with van der Waals surface area (Å²) in [5, 5.41) is 8.46. The van der Waals surface area contributed by atoms with Crippen LogP contribution in [0, 0.1) is 13.8 Å². The van der Waals surface area contributed by atoms with Crippen molar-refractivity contribution < 1.29 is 19.1 Å². The Morgan fingerprint density at radius 1 is 1.16 bits per heavy atom. The Bertz CT molecular complexity index is 1060. The number of nitrogens with one attached hydrogen (secondary N) is 1. The third kappa shape index (κ3) is 5.32. The summed E-state index contributed by atoms with van der Waals surface area (Å²) in [7, 11) is 1.55. The summed E-state index contributed by atoms with van der Waals surface area (Å²) in [5.41, 5.74) is 3.41. The highest BCUT2D eigenvalue weighted by molar-refractivity contribution is 6.40. The topological polar surface area (TPSA) is 91.3 Å². The average Bonchev–Trinajstić information content (AvgIpc) is 2.79. The lowest BCUT2D eigenvalue weighted by Gasteiger charge is -2.27. The van der Waals surface area contributed by atoms with Crippen LogP contribution in [-0.2, 0) is 14.4 Å². The smallest absolute Gasteiger partial charge is 0.270 e. The first kappa shape index (κ1) is 23.0. The minimum Gasteiger partial charge on any atom is -0.497 e. The Labute approximate surface area is 187 Å². The Balaban J connectivity index is 1.75. The molecule has 0 saturated carbocycles. The highest BCUT2D eigenvalue weighted by Gasteiger charge is 2.29. The zero-order valence-electron chi connectivity index (χ0n) is 18.8. The first-order chi connectivity index (χ1) is 15.3. The molecule has 0 aliphatic carbocycles. The third-order valence-electron chi connectivity index (χ3n) is 5.23. The lowest BCUT2D eigenvalue weighted by atomic mass is 10.1. The minimum atomic E-state index is -0.351. The van der Waals surface area contributed by atoms with Gasteiger partial charge in [0.2, 0.25) is 11.8 Å². The van der Waals surface area contributed by atoms with E-state index in [0.29, 0.717) is 23.7 Å². The third-order valence-corrected chi connectivity index (χ3v) is 5.23. The van der Waals surface area contributed by atoms with Crippen LogP contribution >= 0.6 is 0 Å². The first-order valence-corrected chi connectivity index (χ1v) is 10.5. The fraction of sp³-hybridized carbons (Fsp3) is 0.333. The maximum atomic E-state index is 13.1. The molecule has 0 fully saturated rings. The van der Waals surface area contributed by atoms with E-state index >= 15 is 0 Å². The SMILES string of the molecule is CCN(CC(=O)Nc1cccc(OC)c1)C(=O)C1=NN(c2cc(C)ccc2C)C(=O)CC1. The number of likely N-dealkylation sites (N-methyl/N-ethyl adjacent to an activating group) is 1. The number of anilines is 2. The molecule has 0 saturated heterocycles. The molecule has 168 valence electrons. The van der Waals surface area contributed by atoms with Crippen molar-refractivity contribution in [2.24, 2.45) is 5.10 Å². The molecule has 3 amide bonds. The van der Waals surface area contributed by atoms with E-state index in [1.54, 1.807) is 38.3 Å². The number of hydrazone groups is 1. The number of nitrogens with zero attached hydrogens (tertiary/aromatic N) is 3. The Hall–Kier alpha value is -3.68. The van der Waals surface area contributed by atoms with E-state index in [0.717, 1.165) is 11.1 Å². The van der Waals surface area contributed by atoms with Gasteiger partial charge in [0.15, 0.2) is 0 Å². The highest BCUT2D eigenvalue weighted by atomic mass is 16.5. The molecule has 0 aromatic heterocycles. The zero-order chi connectivity index (χ0) is 23.3. The maximum Gasteiger partial charge on any atom is 0.270 e. The van der Waals surface area contributed by atoms with Crippen LogP contribution in [0.5, 0.6) is 5.75 Å². The van der Waals surface area contributed by atoms with E-state index < -0.39 is 0 Å². The molecule has 0 unspecified atom stereocenters. The van der Waals surface area contributed by atoms with E-state index in [1.807, 2.05) is 32.0 Å². The van der Waals surface area contributed by atoms with Gasteiger partial charge in [-0.2, -0.15) is 5.10 Å². The number of ether oxygens (including phenoxy) is 1. The quantitative estimate of drug-likeness (QED) is 0.721. The molecule has 0 radical (unpaired) electrons. The van der Waals surface area contributed by atoms with E-state index in [4.69, 9.17) is 4.74 Å². The van der Waals surface area contributed by atoms with Crippen LogP contribution in [0.3, 0.4) is 0 Å². The van der Waals surface area contributed by atoms with Crippen molar-refractivity contribution in [1.82, 2.24) is 4.90 Å². The number of carbonyl (C=O) groups excluding carboxylic acids is 3. The van der Waals surface area contributed by atoms with Gasteiger partial charge in [0.25, 0.3) is 5.91 Å². The summed E-state index contributed by atoms with van der Waals surface area (Å²) in [6, 6.07) is 12.8. The van der Waals surface area contributed by atoms with Gasteiger partial charge in [0.05, 0.1) is 12.8 Å². The summed E-state index contributed by atoms with van der Waals surface area (Å²) in [6.07, 6.45) is 0.429. The van der Waals surface area contributed by atoms with Crippen molar-refractivity contribution in [3.05, 3.63) is 53.6 Å². The molecule has 0 spiro atoms. The van der Waals surface area contributed by atoms with E-state index in [2.05, 4.69) is 10.4 Å². The summed E-state index contributed by atoms with van der Waals surface area (Å²) in [6.45, 7) is 5.85. The van der Waals surface area contributed by atoms with Crippen molar-refractivity contribution >= 4 is 34.8 Å². The van der Waals surface area contributed by atoms with Crippen molar-refractivity contribution in [3.8, 4) is 5.75 Å². The van der Waals surface area contributed by atoms with Crippen LogP contribution in [0.2, 0.25) is 0 Å². The van der Waals surface area contributed by atoms with Crippen molar-refractivity contribution in [1.29, 1.82) is 0 Å². The van der Waals surface area contributed by atoms with E-state index in [-0.39, 0.29) is 42.8 Å². The molecule has 8 nitrogen and oxygen atoms in total. The standard InChI is InChI=1S/C24H28N4O4/c1-5-27(15-22(29)25-18-7-6-8-19(14-18)32-4)24(31)20-11-12-23(30)28(26-20)21-13-16(2)9-10-17(21)3/h6-10,13-14H,5,11-12,15H2,1-4H3,(H,25,29). The molecule has 1 aliphatic rings. The molecule has 32 heavy (non-hydrogen) atoms. The molecule has 0 bridgehead atoms. The fourth-order valence-corrected chi connectivity index (χ4v) is 3.43. The van der Waals surface area contributed by atoms with Gasteiger partial charge in [0, 0.05) is 31.1 Å². The normalized spacial score (nSPS) is 13.4. The molecule has 1 N–H and O–H groups in total. The molecule has 2 aromatic rings. The number of benzene rings is 2. The van der Waals surface area contributed by atoms with Gasteiger partial charge < -0.3 is 15.0 Å². The number of methoxy groups -OCH3 is 1. The molecular weight excluding hydrogens is 408 g/mol. The van der Waals surface area contributed by atoms with Crippen molar-refractivity contribution in [3.63, 3.8) is 0 Å². The van der Waals surface area contributed by atoms with Gasteiger partial charge in [-0.15, -0.1) is 0 Å². The van der Waals surface area contributed by atoms with Crippen LogP contribution in [0.4, 0.5) is 11.4 Å². The highest BCUT2D eigenvalue weighted by Crippen LogP contribution is 2.26. The van der Waals surface area contributed by atoms with Gasteiger partial charge in [-0.1, -0.05) is 18.2 Å². The summed E-state index contributed by atoms with van der Waals surface area (Å²) in [5.74, 6) is -0.212. The van der Waals surface area contributed by atoms with Gasteiger partial charge in [-0.25, -0.2) is 5.01 Å². The van der Waals surface area contributed by atoms with Crippen LogP contribution in [0.1, 0.15) is 30.9 Å². The number of hydrogen-bond donors (Lipinski definition) is 1. The van der Waals surface area contributed by atoms with Crippen LogP contribution in [0.25, 0.3) is 0 Å². The summed E-state index contributed by atoms with van der Waals surface area (Å²) in [4.78, 5) is 39.6. The molecular formula is C24H28N4O4. The Kier molecular flexibility index (Phi) is 7.25. The largest absolute Gasteiger partial charge is 0.497 e. The van der Waals surface area contributed by atoms with E-state index in [9.17, 15) is 14.4 Å². The molecule has 3 rings (SSSR count). The van der Waals surface area contributed by atoms with Crippen LogP contribution in [0.15, 0.2) is 47.6 Å². The van der Waals surface area contributed by atoms with E-state index in [1.165, 1.54) is 9.91 Å². The lowest BCUT2D eigenvalue weighted by molar-refractivity contribution is -0.129. The second-order valence-corrected chi connectivity index (χ2v) is 7.64. The fourth-order valence-electron chi connectivity index (χ4n) is 3.43. The van der Waals surface area contributed by atoms with Crippen LogP contribution in [-0.4, -0.2) is 48.5 Å². The number of rotatable bonds is 7. The molecule has 1 aliphatic heterocycles. The van der Waals surface area contributed by atoms with Gasteiger partial charge >= 0.3 is 0 Å². The zero-order valence-corrected chi connectivity index (χ0v) is 18.8. The number of carbonyl (C=O) groups is 3. The molecule has 0 atom stereocenters. The van der Waals surface area contributed by atoms with Crippen LogP contribution < -0.4 is 15.1 Å². The second kappa shape index (κ2) is 10.1. The Morgan fingerprint density at radius 2 is 1.94 bits per heavy atom. The summed E-state index contributed by atoms with van der Waals surface area (Å²) >= 11 is 0. The van der Waals surface area contributed by atoms with Gasteiger partial charge in [-0.05, 0) is 50.1 Å². The van der Waals surface area contributed by atoms with Crippen molar-refractivity contribution in [2.75, 3.05) is 30.5 Å². The molecule has 1 heterocycles. The lowest BCUT2D eigenvalue weighted by Crippen LogP contribution is -2.44. The average molecular weight is 437 g/mol. The van der Waals surface area contributed by atoms with Gasteiger partial charge in [0.1, 0.15) is 18.0 Å².